The fourth-order valence-electron chi connectivity index (χ4n) is 3.28. The molecule has 1 fully saturated rings. The standard InChI is InChI=1S/C18H23ClN2O3S2/c1-24-17-6-5-15(19)11-18(17)26(22,23)20-12-16(14-7-10-25-13-14)21-8-3-2-4-9-21/h5-7,10-11,13,16,20H,2-4,8-9,12H2,1H3. The normalized spacial score (nSPS) is 17.2. The minimum atomic E-state index is -3.73. The van der Waals surface area contributed by atoms with E-state index in [2.05, 4.69) is 21.1 Å². The van der Waals surface area contributed by atoms with E-state index in [1.807, 2.05) is 5.38 Å². The molecule has 2 heterocycles. The van der Waals surface area contributed by atoms with Crippen molar-refractivity contribution in [1.29, 1.82) is 0 Å². The van der Waals surface area contributed by atoms with Gasteiger partial charge in [-0.2, -0.15) is 11.3 Å². The summed E-state index contributed by atoms with van der Waals surface area (Å²) in [6.07, 6.45) is 3.53. The Morgan fingerprint density at radius 3 is 2.69 bits per heavy atom. The molecule has 0 saturated carbocycles. The van der Waals surface area contributed by atoms with Gasteiger partial charge in [0.05, 0.1) is 7.11 Å². The highest BCUT2D eigenvalue weighted by Crippen LogP contribution is 2.29. The molecule has 1 atom stereocenters. The lowest BCUT2D eigenvalue weighted by atomic mass is 10.0. The SMILES string of the molecule is COc1ccc(Cl)cc1S(=O)(=O)NCC(c1ccsc1)N1CCCCC1. The third kappa shape index (κ3) is 4.58. The van der Waals surface area contributed by atoms with Gasteiger partial charge in [0.15, 0.2) is 0 Å². The lowest BCUT2D eigenvalue weighted by molar-refractivity contribution is 0.165. The zero-order chi connectivity index (χ0) is 18.6. The van der Waals surface area contributed by atoms with Gasteiger partial charge in [0.1, 0.15) is 10.6 Å². The van der Waals surface area contributed by atoms with E-state index < -0.39 is 10.0 Å². The molecule has 26 heavy (non-hydrogen) atoms. The maximum absolute atomic E-state index is 12.9. The van der Waals surface area contributed by atoms with Crippen molar-refractivity contribution in [2.75, 3.05) is 26.7 Å². The van der Waals surface area contributed by atoms with Gasteiger partial charge >= 0.3 is 0 Å². The number of nitrogens with zero attached hydrogens (tertiary/aromatic N) is 1. The van der Waals surface area contributed by atoms with Crippen LogP contribution >= 0.6 is 22.9 Å². The lowest BCUT2D eigenvalue weighted by Gasteiger charge is -2.34. The number of thiophene rings is 1. The van der Waals surface area contributed by atoms with Gasteiger partial charge in [0.2, 0.25) is 10.0 Å². The van der Waals surface area contributed by atoms with E-state index in [-0.39, 0.29) is 16.7 Å². The van der Waals surface area contributed by atoms with E-state index >= 15 is 0 Å². The molecule has 3 rings (SSSR count). The molecule has 5 nitrogen and oxygen atoms in total. The number of sulfonamides is 1. The minimum absolute atomic E-state index is 0.0292. The number of ether oxygens (including phenoxy) is 1. The Labute approximate surface area is 164 Å². The first-order valence-electron chi connectivity index (χ1n) is 8.60. The number of nitrogens with one attached hydrogen (secondary N) is 1. The Hall–Kier alpha value is -1.12. The van der Waals surface area contributed by atoms with Crippen LogP contribution in [-0.4, -0.2) is 40.1 Å². The third-order valence-corrected chi connectivity index (χ3v) is 7.02. The number of benzene rings is 1. The fraction of sp³-hybridized carbons (Fsp3) is 0.444. The average molecular weight is 415 g/mol. The minimum Gasteiger partial charge on any atom is -0.495 e. The summed E-state index contributed by atoms with van der Waals surface area (Å²) < 4.78 is 33.7. The van der Waals surface area contributed by atoms with Crippen LogP contribution in [0.2, 0.25) is 5.02 Å². The summed E-state index contributed by atoms with van der Waals surface area (Å²) in [5, 5.41) is 4.48. The Kier molecular flexibility index (Phi) is 6.58. The van der Waals surface area contributed by atoms with Gasteiger partial charge in [-0.25, -0.2) is 13.1 Å². The first-order chi connectivity index (χ1) is 12.5. The molecular formula is C18H23ClN2O3S2. The predicted octanol–water partition coefficient (Wildman–Crippen LogP) is 3.92. The quantitative estimate of drug-likeness (QED) is 0.746. The van der Waals surface area contributed by atoms with E-state index in [1.165, 1.54) is 19.6 Å². The summed E-state index contributed by atoms with van der Waals surface area (Å²) in [5.41, 5.74) is 1.15. The number of rotatable bonds is 7. The number of likely N-dealkylation sites (tertiary alicyclic amines) is 1. The van der Waals surface area contributed by atoms with Crippen molar-refractivity contribution in [1.82, 2.24) is 9.62 Å². The van der Waals surface area contributed by atoms with Crippen molar-refractivity contribution in [3.63, 3.8) is 0 Å². The first kappa shape index (κ1) is 19.6. The van der Waals surface area contributed by atoms with Gasteiger partial charge in [0, 0.05) is 17.6 Å². The van der Waals surface area contributed by atoms with E-state index in [4.69, 9.17) is 16.3 Å². The van der Waals surface area contributed by atoms with E-state index in [0.717, 1.165) is 31.5 Å². The summed E-state index contributed by atoms with van der Waals surface area (Å²) in [6.45, 7) is 2.29. The molecule has 1 aliphatic heterocycles. The lowest BCUT2D eigenvalue weighted by Crippen LogP contribution is -2.40. The molecule has 1 aromatic carbocycles. The number of methoxy groups -OCH3 is 1. The molecule has 0 bridgehead atoms. The highest BCUT2D eigenvalue weighted by molar-refractivity contribution is 7.89. The molecule has 1 aromatic heterocycles. The highest BCUT2D eigenvalue weighted by atomic mass is 35.5. The fourth-order valence-corrected chi connectivity index (χ4v) is 5.45. The zero-order valence-corrected chi connectivity index (χ0v) is 17.0. The van der Waals surface area contributed by atoms with Crippen molar-refractivity contribution in [2.24, 2.45) is 0 Å². The predicted molar refractivity (Wildman–Crippen MR) is 106 cm³/mol. The summed E-state index contributed by atoms with van der Waals surface area (Å²) in [5.74, 6) is 0.284. The van der Waals surface area contributed by atoms with Crippen LogP contribution in [-0.2, 0) is 10.0 Å². The van der Waals surface area contributed by atoms with Crippen molar-refractivity contribution in [3.05, 3.63) is 45.6 Å². The van der Waals surface area contributed by atoms with Crippen molar-refractivity contribution < 1.29 is 13.2 Å². The largest absolute Gasteiger partial charge is 0.495 e. The van der Waals surface area contributed by atoms with Gasteiger partial charge in [-0.05, 0) is 66.5 Å². The monoisotopic (exact) mass is 414 g/mol. The van der Waals surface area contributed by atoms with Crippen LogP contribution in [0.15, 0.2) is 39.9 Å². The maximum atomic E-state index is 12.9. The van der Waals surface area contributed by atoms with Crippen LogP contribution in [0.4, 0.5) is 0 Å². The van der Waals surface area contributed by atoms with Crippen molar-refractivity contribution in [3.8, 4) is 5.75 Å². The molecule has 2 aromatic rings. The van der Waals surface area contributed by atoms with Gasteiger partial charge in [-0.15, -0.1) is 0 Å². The van der Waals surface area contributed by atoms with Gasteiger partial charge in [0.25, 0.3) is 0 Å². The Balaban J connectivity index is 1.81. The summed E-state index contributed by atoms with van der Waals surface area (Å²) >= 11 is 7.62. The van der Waals surface area contributed by atoms with E-state index in [1.54, 1.807) is 23.5 Å². The molecule has 0 amide bonds. The second-order valence-electron chi connectivity index (χ2n) is 6.32. The van der Waals surface area contributed by atoms with Crippen LogP contribution in [0.3, 0.4) is 0 Å². The Morgan fingerprint density at radius 2 is 2.04 bits per heavy atom. The first-order valence-corrected chi connectivity index (χ1v) is 11.4. The number of piperidine rings is 1. The molecule has 0 aliphatic carbocycles. The zero-order valence-electron chi connectivity index (χ0n) is 14.7. The number of hydrogen-bond acceptors (Lipinski definition) is 5. The van der Waals surface area contributed by atoms with Crippen LogP contribution in [0.5, 0.6) is 5.75 Å². The van der Waals surface area contributed by atoms with Gasteiger partial charge in [-0.3, -0.25) is 4.90 Å². The molecule has 8 heteroatoms. The van der Waals surface area contributed by atoms with Crippen molar-refractivity contribution >= 4 is 33.0 Å². The Morgan fingerprint density at radius 1 is 1.27 bits per heavy atom. The molecule has 1 unspecified atom stereocenters. The smallest absolute Gasteiger partial charge is 0.244 e. The molecule has 142 valence electrons. The molecule has 0 radical (unpaired) electrons. The van der Waals surface area contributed by atoms with E-state index in [9.17, 15) is 8.42 Å². The van der Waals surface area contributed by atoms with Crippen LogP contribution < -0.4 is 9.46 Å². The topological polar surface area (TPSA) is 58.6 Å². The summed E-state index contributed by atoms with van der Waals surface area (Å²) in [6, 6.07) is 6.70. The summed E-state index contributed by atoms with van der Waals surface area (Å²) in [4.78, 5) is 2.43. The molecule has 0 spiro atoms. The van der Waals surface area contributed by atoms with Gasteiger partial charge < -0.3 is 4.74 Å². The van der Waals surface area contributed by atoms with Crippen molar-refractivity contribution in [2.45, 2.75) is 30.2 Å². The van der Waals surface area contributed by atoms with E-state index in [0.29, 0.717) is 11.6 Å². The van der Waals surface area contributed by atoms with Gasteiger partial charge in [-0.1, -0.05) is 18.0 Å². The molecule has 1 N–H and O–H groups in total. The summed E-state index contributed by atoms with van der Waals surface area (Å²) in [7, 11) is -2.28. The highest BCUT2D eigenvalue weighted by Gasteiger charge is 2.26. The second-order valence-corrected chi connectivity index (χ2v) is 9.27. The van der Waals surface area contributed by atoms with Crippen LogP contribution in [0, 0.1) is 0 Å². The average Bonchev–Trinajstić information content (AvgIpc) is 3.17. The number of halogens is 1. The second kappa shape index (κ2) is 8.71. The molecule has 1 aliphatic rings. The number of hydrogen-bond donors (Lipinski definition) is 1. The Bertz CT molecular complexity index is 819. The third-order valence-electron chi connectivity index (χ3n) is 4.64. The molecular weight excluding hydrogens is 392 g/mol. The maximum Gasteiger partial charge on any atom is 0.244 e. The van der Waals surface area contributed by atoms with Crippen LogP contribution in [0.25, 0.3) is 0 Å². The molecule has 1 saturated heterocycles. The van der Waals surface area contributed by atoms with Crippen LogP contribution in [0.1, 0.15) is 30.9 Å².